The molecule has 4 aliphatic carbocycles. The van der Waals surface area contributed by atoms with E-state index in [1.54, 1.807) is 24.3 Å². The van der Waals surface area contributed by atoms with Gasteiger partial charge in [0.25, 0.3) is 5.09 Å². The van der Waals surface area contributed by atoms with E-state index in [4.69, 9.17) is 30.2 Å². The Labute approximate surface area is 308 Å². The third-order valence-corrected chi connectivity index (χ3v) is 11.1. The van der Waals surface area contributed by atoms with E-state index < -0.39 is 47.2 Å². The number of benzene rings is 1. The maximum absolute atomic E-state index is 13.4. The summed E-state index contributed by atoms with van der Waals surface area (Å²) in [6.45, 7) is 6.36. The molecule has 292 valence electrons. The number of esters is 1. The van der Waals surface area contributed by atoms with Gasteiger partial charge in [0.15, 0.2) is 24.0 Å². The van der Waals surface area contributed by atoms with Gasteiger partial charge in [0, 0.05) is 17.3 Å². The molecule has 0 saturated heterocycles. The fourth-order valence-electron chi connectivity index (χ4n) is 8.86. The molecule has 3 fully saturated rings. The lowest BCUT2D eigenvalue weighted by atomic mass is 9.46. The van der Waals surface area contributed by atoms with E-state index in [2.05, 4.69) is 18.7 Å². The van der Waals surface area contributed by atoms with Gasteiger partial charge in [-0.05, 0) is 112 Å². The van der Waals surface area contributed by atoms with Crippen LogP contribution in [0.5, 0.6) is 5.75 Å². The largest absolute Gasteiger partial charge is 0.514 e. The maximum Gasteiger partial charge on any atom is 0.514 e. The summed E-state index contributed by atoms with van der Waals surface area (Å²) in [6.07, 6.45) is 8.26. The minimum atomic E-state index is -1.50. The van der Waals surface area contributed by atoms with Crippen molar-refractivity contribution in [2.45, 2.75) is 97.0 Å². The number of allylic oxidation sites excluding steroid dienone is 4. The molecule has 0 heterocycles. The van der Waals surface area contributed by atoms with E-state index in [1.165, 1.54) is 26.0 Å². The van der Waals surface area contributed by atoms with Crippen LogP contribution in [-0.2, 0) is 35.1 Å². The number of nitrogens with two attached hydrogens (primary N) is 1. The Bertz CT molecular complexity index is 1560. The molecule has 0 aromatic heterocycles. The second kappa shape index (κ2) is 17.3. The van der Waals surface area contributed by atoms with Crippen LogP contribution in [-0.4, -0.2) is 81.9 Å². The first kappa shape index (κ1) is 41.6. The van der Waals surface area contributed by atoms with Gasteiger partial charge in [-0.2, -0.15) is 0 Å². The number of aliphatic hydroxyl groups is 3. The highest BCUT2D eigenvalue weighted by Gasteiger charge is 2.62. The summed E-state index contributed by atoms with van der Waals surface area (Å²) >= 11 is 0. The number of fused-ring (bicyclic) bond motifs is 5. The third kappa shape index (κ3) is 10.7. The van der Waals surface area contributed by atoms with Gasteiger partial charge in [-0.3, -0.25) is 14.4 Å². The van der Waals surface area contributed by atoms with E-state index in [0.29, 0.717) is 31.2 Å². The van der Waals surface area contributed by atoms with Crippen molar-refractivity contribution in [2.75, 3.05) is 19.8 Å². The van der Waals surface area contributed by atoms with Crippen molar-refractivity contribution >= 4 is 23.7 Å². The van der Waals surface area contributed by atoms with Gasteiger partial charge >= 0.3 is 12.1 Å². The van der Waals surface area contributed by atoms with Crippen LogP contribution in [0.4, 0.5) is 4.79 Å². The van der Waals surface area contributed by atoms with Crippen LogP contribution < -0.4 is 10.5 Å². The Balaban J connectivity index is 0.00000117. The maximum atomic E-state index is 13.4. The fraction of sp³-hybridized carbons (Fsp3) is 0.632. The monoisotopic (exact) mass is 744 g/mol. The molecule has 53 heavy (non-hydrogen) atoms. The lowest BCUT2D eigenvalue weighted by Crippen LogP contribution is -2.56. The average Bonchev–Trinajstić information content (AvgIpc) is 3.41. The first-order valence-corrected chi connectivity index (χ1v) is 18.0. The van der Waals surface area contributed by atoms with Crippen molar-refractivity contribution in [1.82, 2.24) is 0 Å². The molecular formula is C38H52N2O13. The standard InChI is InChI=1S/C35H44N2O11.C3H8O2/c1-34-14-13-23(38)18-22(34)7-10-25-26-11-12-27(35(26,2)19-29(39)31(25)34)30(40)20-46-33(42)48-24-8-5-21(6-9-24)17-28(36)32(41)45-15-3-4-16-47-37(43)44;1-3(2,4)5/h5-6,8-9,13-14,18,25-29,31,39H,3-4,7,10-12,15-17,19-20,36H2,1-2H3;4-5H,1-2H3. The van der Waals surface area contributed by atoms with E-state index in [0.717, 1.165) is 24.8 Å². The highest BCUT2D eigenvalue weighted by atomic mass is 16.9. The molecule has 3 saturated carbocycles. The second-order valence-corrected chi connectivity index (χ2v) is 15.4. The zero-order chi connectivity index (χ0) is 39.1. The number of unbranched alkanes of at least 4 members (excludes halogenated alkanes) is 1. The predicted molar refractivity (Wildman–Crippen MR) is 188 cm³/mol. The van der Waals surface area contributed by atoms with Crippen LogP contribution in [0, 0.1) is 44.6 Å². The third-order valence-electron chi connectivity index (χ3n) is 11.1. The van der Waals surface area contributed by atoms with Crippen molar-refractivity contribution in [2.24, 2.45) is 40.2 Å². The number of carbonyl (C=O) groups excluding carboxylic acids is 4. The van der Waals surface area contributed by atoms with Crippen LogP contribution in [0.1, 0.15) is 78.2 Å². The number of rotatable bonds is 13. The summed E-state index contributed by atoms with van der Waals surface area (Å²) < 4.78 is 15.6. The molecule has 15 heteroatoms. The minimum absolute atomic E-state index is 0.00600. The van der Waals surface area contributed by atoms with Gasteiger partial charge in [0.05, 0.1) is 19.3 Å². The Morgan fingerprint density at radius 3 is 2.38 bits per heavy atom. The van der Waals surface area contributed by atoms with Crippen LogP contribution in [0.3, 0.4) is 0 Å². The van der Waals surface area contributed by atoms with Gasteiger partial charge < -0.3 is 40.1 Å². The summed E-state index contributed by atoms with van der Waals surface area (Å²) in [5.74, 6) is -2.01. The molecule has 0 radical (unpaired) electrons. The van der Waals surface area contributed by atoms with E-state index in [9.17, 15) is 34.4 Å². The molecular weight excluding hydrogens is 692 g/mol. The Hall–Kier alpha value is -4.18. The Morgan fingerprint density at radius 1 is 1.06 bits per heavy atom. The first-order valence-electron chi connectivity index (χ1n) is 18.0. The van der Waals surface area contributed by atoms with E-state index in [-0.39, 0.29) is 66.0 Å². The van der Waals surface area contributed by atoms with Crippen molar-refractivity contribution in [3.05, 3.63) is 63.7 Å². The molecule has 0 aliphatic heterocycles. The highest BCUT2D eigenvalue weighted by Crippen LogP contribution is 2.66. The molecule has 5 N–H and O–H groups in total. The first-order chi connectivity index (χ1) is 24.8. The topological polar surface area (TPSA) is 235 Å². The van der Waals surface area contributed by atoms with Crippen LogP contribution >= 0.6 is 0 Å². The predicted octanol–water partition coefficient (Wildman–Crippen LogP) is 3.77. The normalized spacial score (nSPS) is 29.2. The van der Waals surface area contributed by atoms with Crippen molar-refractivity contribution < 1.29 is 58.6 Å². The highest BCUT2D eigenvalue weighted by molar-refractivity contribution is 6.01. The molecule has 5 rings (SSSR count). The number of hydrogen-bond acceptors (Lipinski definition) is 14. The summed E-state index contributed by atoms with van der Waals surface area (Å²) in [5.41, 5.74) is 6.93. The quantitative estimate of drug-likeness (QED) is 0.0562. The summed E-state index contributed by atoms with van der Waals surface area (Å²) in [4.78, 5) is 64.5. The Kier molecular flexibility index (Phi) is 13.6. The number of ketones is 2. The van der Waals surface area contributed by atoms with Gasteiger partial charge in [-0.1, -0.05) is 37.6 Å². The van der Waals surface area contributed by atoms with Crippen LogP contribution in [0.15, 0.2) is 48.1 Å². The lowest BCUT2D eigenvalue weighted by molar-refractivity contribution is -0.757. The van der Waals surface area contributed by atoms with Gasteiger partial charge in [-0.15, -0.1) is 10.1 Å². The smallest absolute Gasteiger partial charge is 0.465 e. The molecule has 8 unspecified atom stereocenters. The summed E-state index contributed by atoms with van der Waals surface area (Å²) in [7, 11) is 0. The molecule has 0 spiro atoms. The molecule has 0 amide bonds. The summed E-state index contributed by atoms with van der Waals surface area (Å²) in [5, 5.41) is 36.9. The molecule has 15 nitrogen and oxygen atoms in total. The number of Topliss-reactive ketones (excluding diaryl/α,β-unsaturated/α-hetero) is 1. The molecule has 1 aromatic rings. The minimum Gasteiger partial charge on any atom is -0.465 e. The van der Waals surface area contributed by atoms with E-state index >= 15 is 0 Å². The number of ether oxygens (including phenoxy) is 3. The van der Waals surface area contributed by atoms with Crippen LogP contribution in [0.2, 0.25) is 0 Å². The molecule has 0 bridgehead atoms. The van der Waals surface area contributed by atoms with Crippen molar-refractivity contribution in [3.8, 4) is 5.75 Å². The number of hydrogen-bond donors (Lipinski definition) is 4. The number of aliphatic hydroxyl groups excluding tert-OH is 1. The number of carbonyl (C=O) groups is 4. The average molecular weight is 745 g/mol. The van der Waals surface area contributed by atoms with Crippen molar-refractivity contribution in [3.63, 3.8) is 0 Å². The zero-order valence-corrected chi connectivity index (χ0v) is 30.7. The van der Waals surface area contributed by atoms with Gasteiger partial charge in [-0.25, -0.2) is 4.79 Å². The Morgan fingerprint density at radius 2 is 1.72 bits per heavy atom. The van der Waals surface area contributed by atoms with Gasteiger partial charge in [0.2, 0.25) is 0 Å². The van der Waals surface area contributed by atoms with Gasteiger partial charge in [0.1, 0.15) is 11.8 Å². The van der Waals surface area contributed by atoms with Crippen LogP contribution in [0.25, 0.3) is 0 Å². The molecule has 8 atom stereocenters. The van der Waals surface area contributed by atoms with E-state index in [1.807, 2.05) is 6.08 Å². The fourth-order valence-corrected chi connectivity index (χ4v) is 8.86. The zero-order valence-electron chi connectivity index (χ0n) is 30.7. The lowest BCUT2D eigenvalue weighted by Gasteiger charge is -2.58. The van der Waals surface area contributed by atoms with Crippen molar-refractivity contribution in [1.29, 1.82) is 0 Å². The molecule has 1 aromatic carbocycles. The SMILES string of the molecule is CC(C)(O)O.CC12C=CC(=O)C=C1CCC1C2C(O)CC2(C)C(C(=O)COC(=O)Oc3ccc(CC(N)C(=O)OCCCCO[N+](=O)[O-])cc3)CCC12. The second-order valence-electron chi connectivity index (χ2n) is 15.4. The summed E-state index contributed by atoms with van der Waals surface area (Å²) in [6, 6.07) is 5.40. The molecule has 4 aliphatic rings. The number of nitrogens with zero attached hydrogens (tertiary/aromatic N) is 1.